The summed E-state index contributed by atoms with van der Waals surface area (Å²) in [5.74, 6) is -0.456. The molecule has 0 fully saturated rings. The molecule has 3 rings (SSSR count). The van der Waals surface area contributed by atoms with Crippen molar-refractivity contribution in [3.05, 3.63) is 35.9 Å². The molecule has 6 nitrogen and oxygen atoms in total. The number of hydrogen-bond donors (Lipinski definition) is 5. The van der Waals surface area contributed by atoms with E-state index in [1.807, 2.05) is 0 Å². The molecule has 1 aliphatic heterocycles. The Hall–Kier alpha value is -2.44. The van der Waals surface area contributed by atoms with Gasteiger partial charge < -0.3 is 30.3 Å². The van der Waals surface area contributed by atoms with Crippen molar-refractivity contribution in [2.24, 2.45) is 5.92 Å². The van der Waals surface area contributed by atoms with Gasteiger partial charge in [-0.15, -0.1) is 0 Å². The van der Waals surface area contributed by atoms with Crippen LogP contribution in [0, 0.1) is 5.92 Å². The van der Waals surface area contributed by atoms with Gasteiger partial charge in [0.25, 0.3) is 0 Å². The summed E-state index contributed by atoms with van der Waals surface area (Å²) in [6.07, 6.45) is -0.608. The average Bonchev–Trinajstić information content (AvgIpc) is 2.52. The van der Waals surface area contributed by atoms with Crippen molar-refractivity contribution in [1.29, 1.82) is 0 Å². The fraction of sp³-hybridized carbons (Fsp3) is 0.294. The Morgan fingerprint density at radius 3 is 2.52 bits per heavy atom. The number of fused-ring (bicyclic) bond motifs is 3. The van der Waals surface area contributed by atoms with E-state index in [2.05, 4.69) is 0 Å². The summed E-state index contributed by atoms with van der Waals surface area (Å²) >= 11 is 0. The number of phenols is 3. The zero-order valence-corrected chi connectivity index (χ0v) is 12.3. The lowest BCUT2D eigenvalue weighted by atomic mass is 9.88. The minimum Gasteiger partial charge on any atom is -0.508 e. The SMILES string of the molecule is OCC(O)C1COc2cc(O)ccc2-c2cc(O)c(O)cc2C1. The summed E-state index contributed by atoms with van der Waals surface area (Å²) in [5.41, 5.74) is 2.03. The quantitative estimate of drug-likeness (QED) is 0.535. The van der Waals surface area contributed by atoms with Crippen LogP contribution in [0.25, 0.3) is 11.1 Å². The average molecular weight is 318 g/mol. The van der Waals surface area contributed by atoms with Crippen molar-refractivity contribution >= 4 is 0 Å². The van der Waals surface area contributed by atoms with Crippen LogP contribution < -0.4 is 4.74 Å². The second-order valence-corrected chi connectivity index (χ2v) is 5.70. The number of benzene rings is 2. The Balaban J connectivity index is 2.16. The van der Waals surface area contributed by atoms with Gasteiger partial charge in [0.1, 0.15) is 11.5 Å². The summed E-state index contributed by atoms with van der Waals surface area (Å²) in [5, 5.41) is 48.4. The van der Waals surface area contributed by atoms with Gasteiger partial charge in [0.15, 0.2) is 11.5 Å². The first-order valence-corrected chi connectivity index (χ1v) is 7.29. The van der Waals surface area contributed by atoms with E-state index in [9.17, 15) is 25.5 Å². The molecule has 0 aliphatic carbocycles. The Morgan fingerprint density at radius 1 is 1.04 bits per heavy atom. The molecule has 0 aromatic heterocycles. The molecule has 2 atom stereocenters. The second kappa shape index (κ2) is 5.98. The molecule has 0 amide bonds. The molecule has 23 heavy (non-hydrogen) atoms. The van der Waals surface area contributed by atoms with Crippen LogP contribution in [0.2, 0.25) is 0 Å². The van der Waals surface area contributed by atoms with E-state index < -0.39 is 18.6 Å². The van der Waals surface area contributed by atoms with Gasteiger partial charge in [0.05, 0.1) is 19.3 Å². The predicted molar refractivity (Wildman–Crippen MR) is 82.7 cm³/mol. The van der Waals surface area contributed by atoms with E-state index >= 15 is 0 Å². The van der Waals surface area contributed by atoms with E-state index in [1.165, 1.54) is 24.3 Å². The van der Waals surface area contributed by atoms with Crippen LogP contribution in [-0.4, -0.2) is 44.9 Å². The molecule has 2 aromatic rings. The van der Waals surface area contributed by atoms with E-state index in [0.717, 1.165) is 0 Å². The fourth-order valence-electron chi connectivity index (χ4n) is 2.83. The highest BCUT2D eigenvalue weighted by Crippen LogP contribution is 2.42. The highest BCUT2D eigenvalue weighted by Gasteiger charge is 2.26. The molecule has 5 N–H and O–H groups in total. The molecule has 6 heteroatoms. The Morgan fingerprint density at radius 2 is 1.78 bits per heavy atom. The van der Waals surface area contributed by atoms with Crippen molar-refractivity contribution in [3.63, 3.8) is 0 Å². The van der Waals surface area contributed by atoms with Gasteiger partial charge in [-0.05, 0) is 41.8 Å². The van der Waals surface area contributed by atoms with Gasteiger partial charge in [0.2, 0.25) is 0 Å². The molecule has 1 heterocycles. The summed E-state index contributed by atoms with van der Waals surface area (Å²) in [6, 6.07) is 7.51. The highest BCUT2D eigenvalue weighted by atomic mass is 16.5. The van der Waals surface area contributed by atoms with Crippen molar-refractivity contribution in [2.75, 3.05) is 13.2 Å². The smallest absolute Gasteiger partial charge is 0.158 e. The predicted octanol–water partition coefficient (Wildman–Crippen LogP) is 1.37. The van der Waals surface area contributed by atoms with Crippen LogP contribution in [0.4, 0.5) is 0 Å². The monoisotopic (exact) mass is 318 g/mol. The number of rotatable bonds is 2. The minimum absolute atomic E-state index is 0.0353. The standard InChI is InChI=1S/C17H18O6/c18-7-16(22)10-3-9-4-14(20)15(21)6-13(9)12-2-1-11(19)5-17(12)23-8-10/h1-2,4-6,10,16,18-22H,3,7-8H2. The van der Waals surface area contributed by atoms with Crippen LogP contribution >= 0.6 is 0 Å². The molecule has 0 saturated carbocycles. The molecule has 0 spiro atoms. The largest absolute Gasteiger partial charge is 0.508 e. The summed E-state index contributed by atoms with van der Waals surface area (Å²) in [6.45, 7) is -0.250. The molecule has 1 aliphatic rings. The minimum atomic E-state index is -0.974. The fourth-order valence-corrected chi connectivity index (χ4v) is 2.83. The zero-order valence-electron chi connectivity index (χ0n) is 12.3. The Labute approximate surface area is 132 Å². The van der Waals surface area contributed by atoms with E-state index in [-0.39, 0.29) is 23.9 Å². The number of aromatic hydroxyl groups is 3. The van der Waals surface area contributed by atoms with Gasteiger partial charge in [-0.2, -0.15) is 0 Å². The molecule has 122 valence electrons. The van der Waals surface area contributed by atoms with E-state index in [1.54, 1.807) is 6.07 Å². The van der Waals surface area contributed by atoms with Crippen LogP contribution in [0.5, 0.6) is 23.0 Å². The van der Waals surface area contributed by atoms with Gasteiger partial charge in [0, 0.05) is 17.5 Å². The van der Waals surface area contributed by atoms with Gasteiger partial charge >= 0.3 is 0 Å². The first-order chi connectivity index (χ1) is 11.0. The molecule has 0 saturated heterocycles. The lowest BCUT2D eigenvalue weighted by Gasteiger charge is -2.27. The lowest BCUT2D eigenvalue weighted by molar-refractivity contribution is 0.0272. The Kier molecular flexibility index (Phi) is 4.02. The molecule has 0 bridgehead atoms. The van der Waals surface area contributed by atoms with Gasteiger partial charge in [-0.3, -0.25) is 0 Å². The maximum atomic E-state index is 9.96. The number of aliphatic hydroxyl groups excluding tert-OH is 2. The third-order valence-corrected chi connectivity index (χ3v) is 4.12. The van der Waals surface area contributed by atoms with Crippen molar-refractivity contribution in [3.8, 4) is 34.1 Å². The maximum absolute atomic E-state index is 9.96. The third kappa shape index (κ3) is 2.91. The summed E-state index contributed by atoms with van der Waals surface area (Å²) in [4.78, 5) is 0. The number of ether oxygens (including phenoxy) is 1. The van der Waals surface area contributed by atoms with Crippen LogP contribution in [0.1, 0.15) is 5.56 Å². The van der Waals surface area contributed by atoms with Gasteiger partial charge in [-0.1, -0.05) is 0 Å². The molecule has 2 aromatic carbocycles. The number of hydrogen-bond acceptors (Lipinski definition) is 6. The lowest BCUT2D eigenvalue weighted by Crippen LogP contribution is -2.32. The first kappa shape index (κ1) is 15.5. The molecule has 0 radical (unpaired) electrons. The van der Waals surface area contributed by atoms with Crippen LogP contribution in [-0.2, 0) is 6.42 Å². The van der Waals surface area contributed by atoms with Crippen molar-refractivity contribution < 1.29 is 30.3 Å². The summed E-state index contributed by atoms with van der Waals surface area (Å²) in [7, 11) is 0. The van der Waals surface area contributed by atoms with Crippen LogP contribution in [0.3, 0.4) is 0 Å². The highest BCUT2D eigenvalue weighted by molar-refractivity contribution is 5.77. The topological polar surface area (TPSA) is 110 Å². The normalized spacial score (nSPS) is 18.1. The Bertz CT molecular complexity index is 727. The molecular weight excluding hydrogens is 300 g/mol. The molecule has 2 unspecified atom stereocenters. The first-order valence-electron chi connectivity index (χ1n) is 7.29. The maximum Gasteiger partial charge on any atom is 0.158 e. The van der Waals surface area contributed by atoms with Gasteiger partial charge in [-0.25, -0.2) is 0 Å². The third-order valence-electron chi connectivity index (χ3n) is 4.12. The zero-order chi connectivity index (χ0) is 16.6. The van der Waals surface area contributed by atoms with Crippen LogP contribution in [0.15, 0.2) is 30.3 Å². The van der Waals surface area contributed by atoms with E-state index in [0.29, 0.717) is 28.9 Å². The second-order valence-electron chi connectivity index (χ2n) is 5.70. The number of phenolic OH excluding ortho intramolecular Hbond substituents is 3. The summed E-state index contributed by atoms with van der Waals surface area (Å²) < 4.78 is 5.70. The van der Waals surface area contributed by atoms with Crippen molar-refractivity contribution in [2.45, 2.75) is 12.5 Å². The molecular formula is C17H18O6. The van der Waals surface area contributed by atoms with Crippen molar-refractivity contribution in [1.82, 2.24) is 0 Å². The van der Waals surface area contributed by atoms with E-state index in [4.69, 9.17) is 4.74 Å². The number of aliphatic hydroxyl groups is 2.